The van der Waals surface area contributed by atoms with Crippen molar-refractivity contribution in [3.63, 3.8) is 0 Å². The van der Waals surface area contributed by atoms with Crippen LogP contribution >= 0.6 is 11.6 Å². The van der Waals surface area contributed by atoms with Crippen LogP contribution in [0.3, 0.4) is 0 Å². The summed E-state index contributed by atoms with van der Waals surface area (Å²) >= 11 is 6.28. The van der Waals surface area contributed by atoms with Gasteiger partial charge in [-0.2, -0.15) is 0 Å². The first-order chi connectivity index (χ1) is 13.1. The van der Waals surface area contributed by atoms with E-state index in [1.54, 1.807) is 11.8 Å². The largest absolute Gasteiger partial charge is 0.450 e. The molecule has 1 unspecified atom stereocenters. The molecule has 3 rings (SSSR count). The maximum atomic E-state index is 13.0. The molecule has 2 heterocycles. The number of rotatable bonds is 4. The molecule has 0 bridgehead atoms. The van der Waals surface area contributed by atoms with Crippen molar-refractivity contribution in [1.82, 2.24) is 14.7 Å². The summed E-state index contributed by atoms with van der Waals surface area (Å²) in [6.45, 7) is 6.96. The van der Waals surface area contributed by atoms with Crippen LogP contribution in [0.15, 0.2) is 24.3 Å². The zero-order valence-electron chi connectivity index (χ0n) is 15.9. The zero-order valence-corrected chi connectivity index (χ0v) is 16.7. The average molecular weight is 394 g/mol. The number of carbonyl (C=O) groups excluding carboxylic acids is 2. The molecule has 2 aliphatic rings. The van der Waals surface area contributed by atoms with Gasteiger partial charge in [-0.1, -0.05) is 29.8 Å². The van der Waals surface area contributed by atoms with Crippen molar-refractivity contribution < 1.29 is 14.3 Å². The van der Waals surface area contributed by atoms with Crippen LogP contribution in [0.25, 0.3) is 0 Å². The second-order valence-corrected chi connectivity index (χ2v) is 7.58. The standard InChI is InChI=1S/C20H28ClN3O3/c1-2-27-20(26)24-12-10-23(11-13-24)19(25)17-7-5-9-22(15-17)14-16-6-3-4-8-18(16)21/h3-4,6,8,17H,2,5,7,9-15H2,1H3. The van der Waals surface area contributed by atoms with Crippen molar-refractivity contribution in [2.45, 2.75) is 26.3 Å². The van der Waals surface area contributed by atoms with Crippen LogP contribution < -0.4 is 0 Å². The fraction of sp³-hybridized carbons (Fsp3) is 0.600. The normalized spacial score (nSPS) is 21.2. The van der Waals surface area contributed by atoms with Gasteiger partial charge in [0.05, 0.1) is 12.5 Å². The van der Waals surface area contributed by atoms with Crippen molar-refractivity contribution >= 4 is 23.6 Å². The second-order valence-electron chi connectivity index (χ2n) is 7.18. The van der Waals surface area contributed by atoms with Crippen molar-refractivity contribution in [2.75, 3.05) is 45.9 Å². The molecule has 0 aromatic heterocycles. The van der Waals surface area contributed by atoms with Gasteiger partial charge < -0.3 is 14.5 Å². The minimum atomic E-state index is -0.284. The van der Waals surface area contributed by atoms with Crippen LogP contribution in [0, 0.1) is 5.92 Å². The second kappa shape index (κ2) is 9.42. The van der Waals surface area contributed by atoms with E-state index in [1.165, 1.54) is 0 Å². The van der Waals surface area contributed by atoms with Gasteiger partial charge >= 0.3 is 6.09 Å². The first kappa shape index (κ1) is 20.0. The molecule has 0 N–H and O–H groups in total. The third-order valence-electron chi connectivity index (χ3n) is 5.32. The molecular weight excluding hydrogens is 366 g/mol. The first-order valence-corrected chi connectivity index (χ1v) is 10.1. The Morgan fingerprint density at radius 1 is 1.11 bits per heavy atom. The van der Waals surface area contributed by atoms with E-state index in [-0.39, 0.29) is 17.9 Å². The van der Waals surface area contributed by atoms with Crippen LogP contribution in [0.5, 0.6) is 0 Å². The molecule has 2 saturated heterocycles. The van der Waals surface area contributed by atoms with E-state index in [2.05, 4.69) is 4.90 Å². The van der Waals surface area contributed by atoms with E-state index >= 15 is 0 Å². The summed E-state index contributed by atoms with van der Waals surface area (Å²) in [5.41, 5.74) is 1.11. The zero-order chi connectivity index (χ0) is 19.2. The maximum Gasteiger partial charge on any atom is 0.409 e. The number of likely N-dealkylation sites (tertiary alicyclic amines) is 1. The van der Waals surface area contributed by atoms with Gasteiger partial charge in [0.1, 0.15) is 0 Å². The highest BCUT2D eigenvalue weighted by molar-refractivity contribution is 6.31. The highest BCUT2D eigenvalue weighted by atomic mass is 35.5. The van der Waals surface area contributed by atoms with E-state index in [9.17, 15) is 9.59 Å². The minimum absolute atomic E-state index is 0.0235. The van der Waals surface area contributed by atoms with Crippen LogP contribution in [0.1, 0.15) is 25.3 Å². The average Bonchev–Trinajstić information content (AvgIpc) is 2.70. The molecule has 1 atom stereocenters. The van der Waals surface area contributed by atoms with Gasteiger partial charge in [-0.15, -0.1) is 0 Å². The van der Waals surface area contributed by atoms with Gasteiger partial charge in [-0.05, 0) is 37.9 Å². The molecule has 0 aliphatic carbocycles. The predicted molar refractivity (Wildman–Crippen MR) is 105 cm³/mol. The van der Waals surface area contributed by atoms with Crippen molar-refractivity contribution in [2.24, 2.45) is 5.92 Å². The topological polar surface area (TPSA) is 53.1 Å². The van der Waals surface area contributed by atoms with Crippen LogP contribution in [0.2, 0.25) is 5.02 Å². The Labute approximate surface area is 166 Å². The predicted octanol–water partition coefficient (Wildman–Crippen LogP) is 2.85. The maximum absolute atomic E-state index is 13.0. The van der Waals surface area contributed by atoms with Gasteiger partial charge in [0.15, 0.2) is 0 Å². The highest BCUT2D eigenvalue weighted by Gasteiger charge is 2.32. The Morgan fingerprint density at radius 2 is 1.81 bits per heavy atom. The van der Waals surface area contributed by atoms with Gasteiger partial charge in [-0.25, -0.2) is 4.79 Å². The molecule has 0 saturated carbocycles. The number of halogens is 1. The molecule has 1 aromatic carbocycles. The molecule has 0 spiro atoms. The number of benzene rings is 1. The van der Waals surface area contributed by atoms with Gasteiger partial charge in [0, 0.05) is 44.3 Å². The third kappa shape index (κ3) is 5.14. The summed E-state index contributed by atoms with van der Waals surface area (Å²) in [4.78, 5) is 30.7. The van der Waals surface area contributed by atoms with Crippen LogP contribution in [0.4, 0.5) is 4.79 Å². The summed E-state index contributed by atoms with van der Waals surface area (Å²) in [6, 6.07) is 7.88. The molecule has 1 aromatic rings. The number of nitrogens with zero attached hydrogens (tertiary/aromatic N) is 3. The molecular formula is C20H28ClN3O3. The number of carbonyl (C=O) groups is 2. The molecule has 6 nitrogen and oxygen atoms in total. The number of hydrogen-bond donors (Lipinski definition) is 0. The Hall–Kier alpha value is -1.79. The van der Waals surface area contributed by atoms with E-state index in [0.29, 0.717) is 32.8 Å². The van der Waals surface area contributed by atoms with Gasteiger partial charge in [0.2, 0.25) is 5.91 Å². The Balaban J connectivity index is 1.51. The summed E-state index contributed by atoms with van der Waals surface area (Å²) < 4.78 is 5.04. The lowest BCUT2D eigenvalue weighted by atomic mass is 9.95. The SMILES string of the molecule is CCOC(=O)N1CCN(C(=O)C2CCCN(Cc3ccccc3Cl)C2)CC1. The van der Waals surface area contributed by atoms with E-state index in [4.69, 9.17) is 16.3 Å². The number of amides is 2. The number of ether oxygens (including phenoxy) is 1. The highest BCUT2D eigenvalue weighted by Crippen LogP contribution is 2.24. The lowest BCUT2D eigenvalue weighted by Crippen LogP contribution is -2.53. The minimum Gasteiger partial charge on any atom is -0.450 e. The number of piperidine rings is 1. The molecule has 2 amide bonds. The Kier molecular flexibility index (Phi) is 6.96. The number of piperazine rings is 1. The Morgan fingerprint density at radius 3 is 2.52 bits per heavy atom. The number of hydrogen-bond acceptors (Lipinski definition) is 4. The fourth-order valence-corrected chi connectivity index (χ4v) is 4.05. The van der Waals surface area contributed by atoms with Crippen LogP contribution in [-0.2, 0) is 16.1 Å². The van der Waals surface area contributed by atoms with Crippen molar-refractivity contribution in [1.29, 1.82) is 0 Å². The first-order valence-electron chi connectivity index (χ1n) is 9.74. The molecule has 7 heteroatoms. The third-order valence-corrected chi connectivity index (χ3v) is 5.69. The molecule has 0 radical (unpaired) electrons. The molecule has 27 heavy (non-hydrogen) atoms. The van der Waals surface area contributed by atoms with Gasteiger partial charge in [-0.3, -0.25) is 9.69 Å². The van der Waals surface area contributed by atoms with Crippen molar-refractivity contribution in [3.05, 3.63) is 34.9 Å². The molecule has 2 fully saturated rings. The molecule has 2 aliphatic heterocycles. The van der Waals surface area contributed by atoms with Crippen LogP contribution in [-0.4, -0.2) is 72.6 Å². The lowest BCUT2D eigenvalue weighted by molar-refractivity contribution is -0.139. The summed E-state index contributed by atoms with van der Waals surface area (Å²) in [7, 11) is 0. The smallest absolute Gasteiger partial charge is 0.409 e. The van der Waals surface area contributed by atoms with E-state index in [0.717, 1.165) is 43.1 Å². The fourth-order valence-electron chi connectivity index (χ4n) is 3.85. The quantitative estimate of drug-likeness (QED) is 0.789. The van der Waals surface area contributed by atoms with Crippen molar-refractivity contribution in [3.8, 4) is 0 Å². The van der Waals surface area contributed by atoms with E-state index in [1.807, 2.05) is 29.2 Å². The monoisotopic (exact) mass is 393 g/mol. The summed E-state index contributed by atoms with van der Waals surface area (Å²) in [5, 5.41) is 0.779. The Bertz CT molecular complexity index is 662. The van der Waals surface area contributed by atoms with Gasteiger partial charge in [0.25, 0.3) is 0 Å². The molecule has 148 valence electrons. The van der Waals surface area contributed by atoms with E-state index < -0.39 is 0 Å². The summed E-state index contributed by atoms with van der Waals surface area (Å²) in [5.74, 6) is 0.234. The lowest BCUT2D eigenvalue weighted by Gasteiger charge is -2.38. The summed E-state index contributed by atoms with van der Waals surface area (Å²) in [6.07, 6.45) is 1.66.